The van der Waals surface area contributed by atoms with Crippen LogP contribution in [0.15, 0.2) is 0 Å². The molecule has 2 aliphatic carbocycles. The number of rotatable bonds is 2. The van der Waals surface area contributed by atoms with Crippen LogP contribution in [0.4, 0.5) is 0 Å². The van der Waals surface area contributed by atoms with Crippen molar-refractivity contribution < 1.29 is 9.90 Å². The zero-order valence-electron chi connectivity index (χ0n) is 7.12. The van der Waals surface area contributed by atoms with E-state index in [0.29, 0.717) is 12.3 Å². The fourth-order valence-electron chi connectivity index (χ4n) is 2.78. The molecular formula is C9H15NO2. The summed E-state index contributed by atoms with van der Waals surface area (Å²) in [4.78, 5) is 10.5. The van der Waals surface area contributed by atoms with Gasteiger partial charge in [-0.15, -0.1) is 0 Å². The minimum Gasteiger partial charge on any atom is -0.481 e. The molecule has 3 heteroatoms. The molecule has 2 aliphatic rings. The molecule has 0 bridgehead atoms. The van der Waals surface area contributed by atoms with E-state index < -0.39 is 5.97 Å². The van der Waals surface area contributed by atoms with Crippen LogP contribution < -0.4 is 5.73 Å². The SMILES string of the molecule is N[C@@H]1C[C@H](CC(=O)O)C12CCC2. The van der Waals surface area contributed by atoms with E-state index in [0.717, 1.165) is 19.3 Å². The molecular weight excluding hydrogens is 154 g/mol. The zero-order valence-corrected chi connectivity index (χ0v) is 7.12. The van der Waals surface area contributed by atoms with Crippen LogP contribution in [0.1, 0.15) is 32.1 Å². The van der Waals surface area contributed by atoms with Crippen molar-refractivity contribution in [2.45, 2.75) is 38.1 Å². The second-order valence-electron chi connectivity index (χ2n) is 4.22. The number of carboxylic acid groups (broad SMARTS) is 1. The van der Waals surface area contributed by atoms with Crippen molar-refractivity contribution in [3.05, 3.63) is 0 Å². The first-order valence-corrected chi connectivity index (χ1v) is 4.62. The summed E-state index contributed by atoms with van der Waals surface area (Å²) in [6.45, 7) is 0. The molecule has 0 aromatic carbocycles. The van der Waals surface area contributed by atoms with Crippen molar-refractivity contribution in [2.75, 3.05) is 0 Å². The van der Waals surface area contributed by atoms with E-state index in [1.807, 2.05) is 0 Å². The Kier molecular flexibility index (Phi) is 1.65. The number of hydrogen-bond acceptors (Lipinski definition) is 2. The molecule has 3 nitrogen and oxygen atoms in total. The lowest BCUT2D eigenvalue weighted by Crippen LogP contribution is -2.61. The molecule has 0 radical (unpaired) electrons. The second-order valence-corrected chi connectivity index (χ2v) is 4.22. The van der Waals surface area contributed by atoms with Gasteiger partial charge in [-0.25, -0.2) is 0 Å². The number of carboxylic acids is 1. The quantitative estimate of drug-likeness (QED) is 0.647. The molecule has 0 heterocycles. The number of hydrogen-bond donors (Lipinski definition) is 2. The molecule has 68 valence electrons. The van der Waals surface area contributed by atoms with E-state index in [4.69, 9.17) is 10.8 Å². The normalized spacial score (nSPS) is 37.1. The Morgan fingerprint density at radius 2 is 2.25 bits per heavy atom. The van der Waals surface area contributed by atoms with Gasteiger partial charge in [-0.3, -0.25) is 4.79 Å². The summed E-state index contributed by atoms with van der Waals surface area (Å²) < 4.78 is 0. The van der Waals surface area contributed by atoms with Crippen LogP contribution in [-0.4, -0.2) is 17.1 Å². The van der Waals surface area contributed by atoms with Gasteiger partial charge in [0.25, 0.3) is 0 Å². The van der Waals surface area contributed by atoms with Crippen molar-refractivity contribution in [3.63, 3.8) is 0 Å². The van der Waals surface area contributed by atoms with Gasteiger partial charge >= 0.3 is 5.97 Å². The van der Waals surface area contributed by atoms with Gasteiger partial charge in [0.1, 0.15) is 0 Å². The lowest BCUT2D eigenvalue weighted by atomic mass is 9.46. The molecule has 12 heavy (non-hydrogen) atoms. The third-order valence-electron chi connectivity index (χ3n) is 3.80. The lowest BCUT2D eigenvalue weighted by molar-refractivity contribution is -0.146. The van der Waals surface area contributed by atoms with Gasteiger partial charge in [-0.05, 0) is 30.6 Å². The highest BCUT2D eigenvalue weighted by molar-refractivity contribution is 5.67. The van der Waals surface area contributed by atoms with Gasteiger partial charge in [-0.1, -0.05) is 6.42 Å². The van der Waals surface area contributed by atoms with Gasteiger partial charge in [0.05, 0.1) is 0 Å². The zero-order chi connectivity index (χ0) is 8.77. The molecule has 0 unspecified atom stereocenters. The first-order chi connectivity index (χ1) is 5.65. The maximum Gasteiger partial charge on any atom is 0.303 e. The van der Waals surface area contributed by atoms with Crippen molar-refractivity contribution in [3.8, 4) is 0 Å². The van der Waals surface area contributed by atoms with Crippen LogP contribution in [0.25, 0.3) is 0 Å². The molecule has 3 N–H and O–H groups in total. The summed E-state index contributed by atoms with van der Waals surface area (Å²) in [7, 11) is 0. The Hall–Kier alpha value is -0.570. The lowest BCUT2D eigenvalue weighted by Gasteiger charge is -2.60. The van der Waals surface area contributed by atoms with Crippen molar-refractivity contribution in [1.29, 1.82) is 0 Å². The Balaban J connectivity index is 1.97. The van der Waals surface area contributed by atoms with Crippen LogP contribution >= 0.6 is 0 Å². The minimum atomic E-state index is -0.668. The van der Waals surface area contributed by atoms with Crippen LogP contribution in [0.5, 0.6) is 0 Å². The standard InChI is InChI=1S/C9H15NO2/c10-7-4-6(5-8(11)12)9(7)2-1-3-9/h6-7H,1-5,10H2,(H,11,12)/t6-,7-/m1/s1. The summed E-state index contributed by atoms with van der Waals surface area (Å²) in [6, 6.07) is 0.288. The molecule has 0 aromatic rings. The second kappa shape index (κ2) is 2.46. The average Bonchev–Trinajstić information content (AvgIpc) is 1.81. The Morgan fingerprint density at radius 1 is 1.58 bits per heavy atom. The van der Waals surface area contributed by atoms with Gasteiger partial charge in [0, 0.05) is 12.5 Å². The molecule has 2 fully saturated rings. The highest BCUT2D eigenvalue weighted by Crippen LogP contribution is 2.59. The number of nitrogens with two attached hydrogens (primary N) is 1. The fraction of sp³-hybridized carbons (Fsp3) is 0.889. The van der Waals surface area contributed by atoms with E-state index in [1.54, 1.807) is 0 Å². The largest absolute Gasteiger partial charge is 0.481 e. The molecule has 0 aliphatic heterocycles. The van der Waals surface area contributed by atoms with Gasteiger partial charge in [-0.2, -0.15) is 0 Å². The Morgan fingerprint density at radius 3 is 2.58 bits per heavy atom. The molecule has 2 saturated carbocycles. The predicted octanol–water partition coefficient (Wildman–Crippen LogP) is 0.979. The maximum atomic E-state index is 10.5. The number of carbonyl (C=O) groups is 1. The maximum absolute atomic E-state index is 10.5. The van der Waals surface area contributed by atoms with Gasteiger partial charge < -0.3 is 10.8 Å². The summed E-state index contributed by atoms with van der Waals surface area (Å²) in [5.74, 6) is -0.295. The van der Waals surface area contributed by atoms with Crippen LogP contribution in [0.3, 0.4) is 0 Å². The van der Waals surface area contributed by atoms with Crippen molar-refractivity contribution >= 4 is 5.97 Å². The monoisotopic (exact) mass is 169 g/mol. The summed E-state index contributed by atoms with van der Waals surface area (Å²) >= 11 is 0. The van der Waals surface area contributed by atoms with Gasteiger partial charge in [0.2, 0.25) is 0 Å². The Bertz CT molecular complexity index is 211. The molecule has 0 aromatic heterocycles. The number of aliphatic carboxylic acids is 1. The van der Waals surface area contributed by atoms with Crippen LogP contribution in [-0.2, 0) is 4.79 Å². The van der Waals surface area contributed by atoms with Crippen LogP contribution in [0.2, 0.25) is 0 Å². The van der Waals surface area contributed by atoms with Crippen LogP contribution in [0, 0.1) is 11.3 Å². The average molecular weight is 169 g/mol. The van der Waals surface area contributed by atoms with Crippen molar-refractivity contribution in [2.24, 2.45) is 17.1 Å². The highest BCUT2D eigenvalue weighted by Gasteiger charge is 2.56. The third-order valence-corrected chi connectivity index (χ3v) is 3.80. The highest BCUT2D eigenvalue weighted by atomic mass is 16.4. The van der Waals surface area contributed by atoms with E-state index in [-0.39, 0.29) is 11.5 Å². The summed E-state index contributed by atoms with van der Waals surface area (Å²) in [6.07, 6.45) is 4.81. The summed E-state index contributed by atoms with van der Waals surface area (Å²) in [5, 5.41) is 8.65. The van der Waals surface area contributed by atoms with Crippen molar-refractivity contribution in [1.82, 2.24) is 0 Å². The predicted molar refractivity (Wildman–Crippen MR) is 44.6 cm³/mol. The van der Waals surface area contributed by atoms with E-state index in [9.17, 15) is 4.79 Å². The van der Waals surface area contributed by atoms with E-state index in [2.05, 4.69) is 0 Å². The minimum absolute atomic E-state index is 0.248. The van der Waals surface area contributed by atoms with Gasteiger partial charge in [0.15, 0.2) is 0 Å². The first-order valence-electron chi connectivity index (χ1n) is 4.62. The summed E-state index contributed by atoms with van der Waals surface area (Å²) in [5.41, 5.74) is 6.14. The molecule has 2 atom stereocenters. The smallest absolute Gasteiger partial charge is 0.303 e. The van der Waals surface area contributed by atoms with E-state index >= 15 is 0 Å². The topological polar surface area (TPSA) is 63.3 Å². The molecule has 0 amide bonds. The fourth-order valence-corrected chi connectivity index (χ4v) is 2.78. The van der Waals surface area contributed by atoms with E-state index in [1.165, 1.54) is 6.42 Å². The molecule has 2 rings (SSSR count). The first kappa shape index (κ1) is 8.05. The third kappa shape index (κ3) is 0.891. The Labute approximate surface area is 71.9 Å². The molecule has 0 saturated heterocycles. The molecule has 1 spiro atoms.